The molecule has 17 heavy (non-hydrogen) atoms. The Bertz CT molecular complexity index is 521. The fraction of sp³-hybridized carbons (Fsp3) is 0. The van der Waals surface area contributed by atoms with Crippen LogP contribution >= 0.6 is 30.6 Å². The largest absolute Gasteiger partial charge is 0.143 e. The number of hydrogen-bond acceptors (Lipinski definition) is 2. The lowest BCUT2D eigenvalue weighted by Crippen LogP contribution is -2.16. The Hall–Kier alpha value is -0.950. The molecule has 0 spiro atoms. The molecular formula is C14H11PS2. The van der Waals surface area contributed by atoms with Crippen LogP contribution in [0.3, 0.4) is 0 Å². The lowest BCUT2D eigenvalue weighted by molar-refractivity contribution is 1.77. The Morgan fingerprint density at radius 2 is 1.24 bits per heavy atom. The van der Waals surface area contributed by atoms with Gasteiger partial charge in [-0.2, -0.15) is 0 Å². The Kier molecular flexibility index (Phi) is 3.37. The van der Waals surface area contributed by atoms with Gasteiger partial charge < -0.3 is 0 Å². The first-order chi connectivity index (χ1) is 8.45. The van der Waals surface area contributed by atoms with Crippen molar-refractivity contribution in [1.82, 2.24) is 0 Å². The van der Waals surface area contributed by atoms with Crippen LogP contribution < -0.4 is 14.5 Å². The topological polar surface area (TPSA) is 0 Å². The van der Waals surface area contributed by atoms with Crippen molar-refractivity contribution in [2.24, 2.45) is 0 Å². The van der Waals surface area contributed by atoms with E-state index in [1.807, 2.05) is 22.7 Å². The quantitative estimate of drug-likeness (QED) is 0.641. The predicted molar refractivity (Wildman–Crippen MR) is 80.9 cm³/mol. The highest BCUT2D eigenvalue weighted by Crippen LogP contribution is 2.35. The summed E-state index contributed by atoms with van der Waals surface area (Å²) in [6, 6.07) is 19.6. The number of rotatable bonds is 3. The predicted octanol–water partition coefficient (Wildman–Crippen LogP) is 3.57. The Balaban J connectivity index is 2.10. The van der Waals surface area contributed by atoms with Crippen LogP contribution in [0, 0.1) is 0 Å². The van der Waals surface area contributed by atoms with E-state index in [2.05, 4.69) is 65.4 Å². The zero-order valence-corrected chi connectivity index (χ0v) is 11.6. The fourth-order valence-corrected chi connectivity index (χ4v) is 6.91. The maximum atomic E-state index is 2.25. The van der Waals surface area contributed by atoms with Gasteiger partial charge in [-0.05, 0) is 28.2 Å². The molecule has 2 aromatic heterocycles. The van der Waals surface area contributed by atoms with Gasteiger partial charge in [0.05, 0.1) is 0 Å². The van der Waals surface area contributed by atoms with Crippen LogP contribution in [0.2, 0.25) is 0 Å². The molecule has 0 fully saturated rings. The minimum absolute atomic E-state index is 0.335. The molecule has 0 amide bonds. The molecule has 2 heterocycles. The summed E-state index contributed by atoms with van der Waals surface area (Å²) in [5, 5.41) is 5.77. The monoisotopic (exact) mass is 274 g/mol. The molecule has 84 valence electrons. The lowest BCUT2D eigenvalue weighted by Gasteiger charge is -2.14. The molecule has 0 saturated heterocycles. The van der Waals surface area contributed by atoms with Crippen molar-refractivity contribution in [3.63, 3.8) is 0 Å². The van der Waals surface area contributed by atoms with E-state index in [-0.39, 0.29) is 7.92 Å². The highest BCUT2D eigenvalue weighted by molar-refractivity contribution is 7.87. The Labute approximate surface area is 110 Å². The highest BCUT2D eigenvalue weighted by atomic mass is 32.1. The molecule has 0 aliphatic carbocycles. The minimum Gasteiger partial charge on any atom is -0.143 e. The third-order valence-electron chi connectivity index (χ3n) is 2.47. The smallest absolute Gasteiger partial charge is 0.0376 e. The number of hydrogen-bond donors (Lipinski definition) is 0. The summed E-state index contributed by atoms with van der Waals surface area (Å²) < 4.78 is 2.96. The molecule has 1 aromatic carbocycles. The molecule has 0 aliphatic heterocycles. The molecule has 0 unspecified atom stereocenters. The van der Waals surface area contributed by atoms with Crippen molar-refractivity contribution < 1.29 is 0 Å². The van der Waals surface area contributed by atoms with Gasteiger partial charge >= 0.3 is 0 Å². The first-order valence-electron chi connectivity index (χ1n) is 5.37. The van der Waals surface area contributed by atoms with Crippen molar-refractivity contribution in [1.29, 1.82) is 0 Å². The van der Waals surface area contributed by atoms with Gasteiger partial charge in [0.2, 0.25) is 0 Å². The summed E-state index contributed by atoms with van der Waals surface area (Å²) in [5.41, 5.74) is 0. The van der Waals surface area contributed by atoms with E-state index in [4.69, 9.17) is 0 Å². The maximum absolute atomic E-state index is 2.25. The van der Waals surface area contributed by atoms with Crippen molar-refractivity contribution in [3.05, 3.63) is 65.4 Å². The second kappa shape index (κ2) is 5.14. The van der Waals surface area contributed by atoms with Gasteiger partial charge in [0, 0.05) is 17.2 Å². The standard InChI is InChI=1S/C14H11PS2/c1-2-6-12(7-3-1)15(13-8-4-10-16-13)14-9-5-11-17-14/h1-11H. The van der Waals surface area contributed by atoms with Crippen molar-refractivity contribution >= 4 is 45.1 Å². The molecular weight excluding hydrogens is 263 g/mol. The highest BCUT2D eigenvalue weighted by Gasteiger charge is 2.17. The fourth-order valence-electron chi connectivity index (χ4n) is 1.73. The zero-order chi connectivity index (χ0) is 11.5. The van der Waals surface area contributed by atoms with Crippen LogP contribution in [0.15, 0.2) is 65.4 Å². The molecule has 3 heteroatoms. The molecule has 0 bridgehead atoms. The van der Waals surface area contributed by atoms with Gasteiger partial charge in [0.15, 0.2) is 0 Å². The van der Waals surface area contributed by atoms with Crippen LogP contribution in [0.5, 0.6) is 0 Å². The molecule has 0 aliphatic rings. The lowest BCUT2D eigenvalue weighted by atomic mass is 10.4. The van der Waals surface area contributed by atoms with E-state index in [9.17, 15) is 0 Å². The third-order valence-corrected chi connectivity index (χ3v) is 7.53. The Morgan fingerprint density at radius 3 is 1.71 bits per heavy atom. The molecule has 0 nitrogen and oxygen atoms in total. The Morgan fingerprint density at radius 1 is 0.647 bits per heavy atom. The van der Waals surface area contributed by atoms with E-state index >= 15 is 0 Å². The normalized spacial score (nSPS) is 10.9. The molecule has 0 atom stereocenters. The van der Waals surface area contributed by atoms with Crippen LogP contribution in [0.1, 0.15) is 0 Å². The van der Waals surface area contributed by atoms with Crippen LogP contribution in [-0.4, -0.2) is 0 Å². The van der Waals surface area contributed by atoms with Gasteiger partial charge in [-0.15, -0.1) is 22.7 Å². The van der Waals surface area contributed by atoms with E-state index < -0.39 is 0 Å². The molecule has 0 radical (unpaired) electrons. The first kappa shape index (κ1) is 11.2. The molecule has 0 N–H and O–H groups in total. The maximum Gasteiger partial charge on any atom is 0.0376 e. The van der Waals surface area contributed by atoms with Gasteiger partial charge in [-0.1, -0.05) is 42.5 Å². The van der Waals surface area contributed by atoms with E-state index in [0.717, 1.165) is 0 Å². The SMILES string of the molecule is c1ccc(P(c2cccs2)c2cccs2)cc1. The van der Waals surface area contributed by atoms with Crippen molar-refractivity contribution in [3.8, 4) is 0 Å². The summed E-state index contributed by atoms with van der Waals surface area (Å²) in [6.07, 6.45) is 0. The van der Waals surface area contributed by atoms with Gasteiger partial charge in [-0.25, -0.2) is 0 Å². The van der Waals surface area contributed by atoms with Gasteiger partial charge in [0.25, 0.3) is 0 Å². The van der Waals surface area contributed by atoms with Crippen molar-refractivity contribution in [2.75, 3.05) is 0 Å². The van der Waals surface area contributed by atoms with Crippen molar-refractivity contribution in [2.45, 2.75) is 0 Å². The molecule has 3 rings (SSSR count). The molecule has 0 saturated carbocycles. The van der Waals surface area contributed by atoms with Crippen LogP contribution in [0.4, 0.5) is 0 Å². The summed E-state index contributed by atoms with van der Waals surface area (Å²) >= 11 is 3.72. The summed E-state index contributed by atoms with van der Waals surface area (Å²) in [4.78, 5) is 0. The third kappa shape index (κ3) is 2.35. The number of benzene rings is 1. The summed E-state index contributed by atoms with van der Waals surface area (Å²) in [7, 11) is -0.335. The average molecular weight is 274 g/mol. The summed E-state index contributed by atoms with van der Waals surface area (Å²) in [5.74, 6) is 0. The average Bonchev–Trinajstić information content (AvgIpc) is 3.04. The molecule has 3 aromatic rings. The second-order valence-corrected chi connectivity index (χ2v) is 8.22. The van der Waals surface area contributed by atoms with Gasteiger partial charge in [0.1, 0.15) is 0 Å². The van der Waals surface area contributed by atoms with Crippen LogP contribution in [-0.2, 0) is 0 Å². The van der Waals surface area contributed by atoms with E-state index in [0.29, 0.717) is 0 Å². The summed E-state index contributed by atoms with van der Waals surface area (Å²) in [6.45, 7) is 0. The minimum atomic E-state index is -0.335. The zero-order valence-electron chi connectivity index (χ0n) is 9.11. The first-order valence-corrected chi connectivity index (χ1v) is 8.47. The van der Waals surface area contributed by atoms with Crippen LogP contribution in [0.25, 0.3) is 0 Å². The number of thiophene rings is 2. The second-order valence-electron chi connectivity index (χ2n) is 3.57. The van der Waals surface area contributed by atoms with E-state index in [1.165, 1.54) is 14.5 Å². The van der Waals surface area contributed by atoms with Gasteiger partial charge in [-0.3, -0.25) is 0 Å². The van der Waals surface area contributed by atoms with E-state index in [1.54, 1.807) is 0 Å².